The van der Waals surface area contributed by atoms with Gasteiger partial charge in [-0.15, -0.1) is 0 Å². The van der Waals surface area contributed by atoms with Crippen LogP contribution in [0, 0.1) is 59.3 Å². The molecule has 3 rings (SSSR count). The minimum Gasteiger partial charge on any atom is -0.481 e. The number of hydrogen-bond acceptors (Lipinski definition) is 5. The van der Waals surface area contributed by atoms with Crippen molar-refractivity contribution >= 4 is 17.5 Å². The highest BCUT2D eigenvalue weighted by atomic mass is 16.4. The molecule has 34 heavy (non-hydrogen) atoms. The first-order valence-corrected chi connectivity index (χ1v) is 11.6. The molecule has 6 nitrogen and oxygen atoms in total. The molecule has 2 aromatic carbocycles. The van der Waals surface area contributed by atoms with Gasteiger partial charge < -0.3 is 15.3 Å². The number of ketones is 2. The summed E-state index contributed by atoms with van der Waals surface area (Å²) in [4.78, 5) is 38.7. The maximum Gasteiger partial charge on any atom is 0.306 e. The molecule has 4 atom stereocenters. The van der Waals surface area contributed by atoms with Crippen LogP contribution in [0.15, 0.2) is 24.3 Å². The minimum absolute atomic E-state index is 0.0375. The Morgan fingerprint density at radius 3 is 1.24 bits per heavy atom. The predicted octanol–water partition coefficient (Wildman–Crippen LogP) is 4.17. The van der Waals surface area contributed by atoms with Gasteiger partial charge in [-0.3, -0.25) is 14.4 Å². The lowest BCUT2D eigenvalue weighted by molar-refractivity contribution is -0.141. The molecule has 1 aliphatic rings. The van der Waals surface area contributed by atoms with Crippen molar-refractivity contribution in [2.24, 2.45) is 17.8 Å². The zero-order valence-electron chi connectivity index (χ0n) is 20.7. The second-order valence-electron chi connectivity index (χ2n) is 9.95. The topological polar surface area (TPSA) is 112 Å². The number of carbonyl (C=O) groups is 3. The first-order valence-electron chi connectivity index (χ1n) is 11.6. The molecule has 6 heteroatoms. The number of carbonyl (C=O) groups excluding carboxylic acids is 2. The average Bonchev–Trinajstić information content (AvgIpc) is 3.16. The highest BCUT2D eigenvalue weighted by molar-refractivity contribution is 5.96. The van der Waals surface area contributed by atoms with Gasteiger partial charge in [-0.2, -0.15) is 0 Å². The summed E-state index contributed by atoms with van der Waals surface area (Å²) in [5.41, 5.74) is 6.05. The van der Waals surface area contributed by atoms with Crippen LogP contribution in [0.25, 0.3) is 0 Å². The van der Waals surface area contributed by atoms with E-state index in [9.17, 15) is 29.7 Å². The zero-order chi connectivity index (χ0) is 25.5. The van der Waals surface area contributed by atoms with Gasteiger partial charge in [-0.05, 0) is 87.8 Å². The van der Waals surface area contributed by atoms with Crippen LogP contribution in [0.5, 0.6) is 0 Å². The van der Waals surface area contributed by atoms with Crippen molar-refractivity contribution in [1.29, 1.82) is 0 Å². The molecule has 0 saturated heterocycles. The smallest absolute Gasteiger partial charge is 0.306 e. The number of hydrogen-bond donors (Lipinski definition) is 3. The van der Waals surface area contributed by atoms with Crippen LogP contribution < -0.4 is 0 Å². The highest BCUT2D eigenvalue weighted by Crippen LogP contribution is 2.43. The molecule has 0 bridgehead atoms. The number of carboxylic acid groups (broad SMARTS) is 1. The van der Waals surface area contributed by atoms with Gasteiger partial charge in [0.2, 0.25) is 0 Å². The van der Waals surface area contributed by atoms with E-state index in [1.807, 2.05) is 65.8 Å². The number of benzene rings is 2. The number of Topliss-reactive ketones (excluding diaryl/α,β-unsaturated/α-hetero) is 2. The second kappa shape index (κ2) is 9.80. The van der Waals surface area contributed by atoms with E-state index in [1.165, 1.54) is 0 Å². The van der Waals surface area contributed by atoms with E-state index in [-0.39, 0.29) is 12.8 Å². The molecular weight excluding hydrogens is 432 g/mol. The van der Waals surface area contributed by atoms with Gasteiger partial charge in [-0.1, -0.05) is 35.4 Å². The molecule has 0 heterocycles. The van der Waals surface area contributed by atoms with E-state index in [1.54, 1.807) is 0 Å². The first kappa shape index (κ1) is 25.8. The maximum atomic E-state index is 13.5. The van der Waals surface area contributed by atoms with Crippen LogP contribution in [0.4, 0.5) is 0 Å². The summed E-state index contributed by atoms with van der Waals surface area (Å²) < 4.78 is 0. The summed E-state index contributed by atoms with van der Waals surface area (Å²) in [7, 11) is 0. The van der Waals surface area contributed by atoms with E-state index in [4.69, 9.17) is 0 Å². The number of aryl methyl sites for hydroxylation is 6. The molecule has 4 unspecified atom stereocenters. The molecule has 0 spiro atoms. The number of aliphatic hydroxyl groups is 2. The summed E-state index contributed by atoms with van der Waals surface area (Å²) in [6.07, 6.45) is -3.00. The Morgan fingerprint density at radius 2 is 0.971 bits per heavy atom. The Morgan fingerprint density at radius 1 is 0.676 bits per heavy atom. The normalized spacial score (nSPS) is 21.8. The van der Waals surface area contributed by atoms with Crippen LogP contribution in [-0.2, 0) is 14.4 Å². The summed E-state index contributed by atoms with van der Waals surface area (Å²) in [5.74, 6) is -5.07. The van der Waals surface area contributed by atoms with E-state index in [2.05, 4.69) is 0 Å². The molecule has 0 radical (unpaired) electrons. The molecule has 2 aromatic rings. The van der Waals surface area contributed by atoms with Crippen LogP contribution in [0.2, 0.25) is 0 Å². The van der Waals surface area contributed by atoms with Gasteiger partial charge in [0.05, 0.1) is 5.92 Å². The average molecular weight is 467 g/mol. The van der Waals surface area contributed by atoms with Gasteiger partial charge in [0.25, 0.3) is 0 Å². The highest BCUT2D eigenvalue weighted by Gasteiger charge is 2.48. The molecule has 0 aliphatic heterocycles. The Balaban J connectivity index is 1.97. The van der Waals surface area contributed by atoms with Gasteiger partial charge in [0, 0.05) is 11.8 Å². The fourth-order valence-electron chi connectivity index (χ4n) is 5.80. The third-order valence-corrected chi connectivity index (χ3v) is 7.20. The number of carboxylic acids is 1. The van der Waals surface area contributed by atoms with Crippen molar-refractivity contribution in [3.8, 4) is 0 Å². The van der Waals surface area contributed by atoms with Gasteiger partial charge >= 0.3 is 5.97 Å². The van der Waals surface area contributed by atoms with Gasteiger partial charge in [-0.25, -0.2) is 0 Å². The molecule has 0 aromatic heterocycles. The van der Waals surface area contributed by atoms with Crippen molar-refractivity contribution in [3.05, 3.63) is 68.8 Å². The summed E-state index contributed by atoms with van der Waals surface area (Å²) in [6, 6.07) is 7.51. The van der Waals surface area contributed by atoms with Crippen LogP contribution in [0.3, 0.4) is 0 Å². The monoisotopic (exact) mass is 466 g/mol. The minimum atomic E-state index is -1.46. The Bertz CT molecular complexity index is 1020. The second-order valence-corrected chi connectivity index (χ2v) is 9.95. The van der Waals surface area contributed by atoms with Crippen molar-refractivity contribution in [2.45, 2.75) is 66.6 Å². The fourth-order valence-corrected chi connectivity index (χ4v) is 5.80. The molecular formula is C28H34O6. The SMILES string of the molecule is Cc1cc(C)c(C(O)C(=O)C2CC(C(=O)O)CC2C(=O)C(O)c2c(C)cc(C)cc2C)c(C)c1. The maximum absolute atomic E-state index is 13.5. The van der Waals surface area contributed by atoms with Crippen LogP contribution in [-0.4, -0.2) is 32.9 Å². The lowest BCUT2D eigenvalue weighted by atomic mass is 9.80. The third-order valence-electron chi connectivity index (χ3n) is 7.20. The lowest BCUT2D eigenvalue weighted by Crippen LogP contribution is -2.33. The van der Waals surface area contributed by atoms with Crippen molar-refractivity contribution in [2.75, 3.05) is 0 Å². The van der Waals surface area contributed by atoms with Gasteiger partial charge in [0.1, 0.15) is 12.2 Å². The molecule has 3 N–H and O–H groups in total. The summed E-state index contributed by atoms with van der Waals surface area (Å²) in [5, 5.41) is 31.7. The van der Waals surface area contributed by atoms with Crippen LogP contribution in [0.1, 0.15) is 69.6 Å². The van der Waals surface area contributed by atoms with E-state index >= 15 is 0 Å². The van der Waals surface area contributed by atoms with E-state index in [0.29, 0.717) is 11.1 Å². The Labute approximate surface area is 200 Å². The third kappa shape index (κ3) is 4.84. The molecule has 182 valence electrons. The summed E-state index contributed by atoms with van der Waals surface area (Å²) in [6.45, 7) is 11.1. The molecule has 1 aliphatic carbocycles. The van der Waals surface area contributed by atoms with Crippen LogP contribution >= 0.6 is 0 Å². The van der Waals surface area contributed by atoms with Gasteiger partial charge in [0.15, 0.2) is 11.6 Å². The Hall–Kier alpha value is -2.83. The van der Waals surface area contributed by atoms with Crippen molar-refractivity contribution in [1.82, 2.24) is 0 Å². The number of aliphatic hydroxyl groups excluding tert-OH is 2. The number of rotatable bonds is 7. The first-order chi connectivity index (χ1) is 15.8. The Kier molecular flexibility index (Phi) is 7.44. The molecule has 1 fully saturated rings. The standard InChI is InChI=1S/C28H34O6/c1-13-7-15(3)22(16(4)8-13)26(31)24(29)20-11-19(28(33)34)12-21(20)25(30)27(32)23-17(5)9-14(2)10-18(23)6/h7-10,19-21,26-27,31-32H,11-12H2,1-6H3,(H,33,34). The van der Waals surface area contributed by atoms with E-state index in [0.717, 1.165) is 33.4 Å². The van der Waals surface area contributed by atoms with Crippen molar-refractivity contribution in [3.63, 3.8) is 0 Å². The fraction of sp³-hybridized carbons (Fsp3) is 0.464. The number of aliphatic carboxylic acids is 1. The molecule has 0 amide bonds. The van der Waals surface area contributed by atoms with E-state index < -0.39 is 47.5 Å². The largest absolute Gasteiger partial charge is 0.481 e. The predicted molar refractivity (Wildman–Crippen MR) is 129 cm³/mol. The lowest BCUT2D eigenvalue weighted by Gasteiger charge is -2.25. The van der Waals surface area contributed by atoms with Crippen molar-refractivity contribution < 1.29 is 29.7 Å². The zero-order valence-corrected chi connectivity index (χ0v) is 20.7. The molecule has 1 saturated carbocycles. The summed E-state index contributed by atoms with van der Waals surface area (Å²) >= 11 is 0. The quantitative estimate of drug-likeness (QED) is 0.565.